The van der Waals surface area contributed by atoms with E-state index in [1.54, 1.807) is 0 Å². The summed E-state index contributed by atoms with van der Waals surface area (Å²) >= 11 is 0. The van der Waals surface area contributed by atoms with Crippen molar-refractivity contribution in [2.24, 2.45) is 0 Å². The van der Waals surface area contributed by atoms with Gasteiger partial charge in [0.25, 0.3) is 0 Å². The van der Waals surface area contributed by atoms with Gasteiger partial charge in [-0.15, -0.1) is 0 Å². The van der Waals surface area contributed by atoms with Crippen LogP contribution in [0.3, 0.4) is 0 Å². The van der Waals surface area contributed by atoms with Crippen LogP contribution in [0.15, 0.2) is 60.7 Å². The van der Waals surface area contributed by atoms with E-state index in [2.05, 4.69) is 64.8 Å². The fourth-order valence-corrected chi connectivity index (χ4v) is 2.74. The molecule has 0 aliphatic carbocycles. The smallest absolute Gasteiger partial charge is 0.229 e. The van der Waals surface area contributed by atoms with E-state index in [0.717, 1.165) is 23.7 Å². The second-order valence-electron chi connectivity index (χ2n) is 6.42. The van der Waals surface area contributed by atoms with Gasteiger partial charge in [0.05, 0.1) is 0 Å². The number of hydrogen-bond acceptors (Lipinski definition) is 4. The minimum absolute atomic E-state index is 0.434. The average molecular weight is 332 g/mol. The fraction of sp³-hybridized carbons (Fsp3) is 0.238. The molecular formula is C21H24N4. The van der Waals surface area contributed by atoms with E-state index in [-0.39, 0.29) is 0 Å². The SMILES string of the molecule is Cc1cc(NCc2ccccc2)nc(Nc2ccccc2C(C)C)n1. The number of aryl methyl sites for hydroxylation is 1. The quantitative estimate of drug-likeness (QED) is 0.646. The summed E-state index contributed by atoms with van der Waals surface area (Å²) < 4.78 is 0. The zero-order valence-electron chi connectivity index (χ0n) is 15.0. The van der Waals surface area contributed by atoms with E-state index in [0.29, 0.717) is 11.9 Å². The lowest BCUT2D eigenvalue weighted by atomic mass is 10.0. The van der Waals surface area contributed by atoms with Crippen LogP contribution in [0.5, 0.6) is 0 Å². The first-order valence-electron chi connectivity index (χ1n) is 8.61. The molecule has 0 aliphatic rings. The lowest BCUT2D eigenvalue weighted by Gasteiger charge is -2.14. The number of para-hydroxylation sites is 1. The second kappa shape index (κ2) is 7.79. The van der Waals surface area contributed by atoms with Gasteiger partial charge in [-0.2, -0.15) is 4.98 Å². The predicted molar refractivity (Wildman–Crippen MR) is 104 cm³/mol. The fourth-order valence-electron chi connectivity index (χ4n) is 2.74. The number of nitrogens with zero attached hydrogens (tertiary/aromatic N) is 2. The number of nitrogens with one attached hydrogen (secondary N) is 2. The summed E-state index contributed by atoms with van der Waals surface area (Å²) in [6, 6.07) is 20.5. The van der Waals surface area contributed by atoms with Crippen LogP contribution in [0.25, 0.3) is 0 Å². The van der Waals surface area contributed by atoms with Crippen molar-refractivity contribution >= 4 is 17.5 Å². The van der Waals surface area contributed by atoms with E-state index in [4.69, 9.17) is 0 Å². The van der Waals surface area contributed by atoms with Crippen molar-refractivity contribution in [2.75, 3.05) is 10.6 Å². The Kier molecular flexibility index (Phi) is 5.29. The molecule has 4 heteroatoms. The van der Waals surface area contributed by atoms with Gasteiger partial charge in [-0.3, -0.25) is 0 Å². The van der Waals surface area contributed by atoms with Crippen molar-refractivity contribution < 1.29 is 0 Å². The Morgan fingerprint density at radius 2 is 1.64 bits per heavy atom. The monoisotopic (exact) mass is 332 g/mol. The van der Waals surface area contributed by atoms with Crippen LogP contribution in [-0.4, -0.2) is 9.97 Å². The highest BCUT2D eigenvalue weighted by atomic mass is 15.1. The van der Waals surface area contributed by atoms with Crippen molar-refractivity contribution in [3.8, 4) is 0 Å². The van der Waals surface area contributed by atoms with Gasteiger partial charge in [0.15, 0.2) is 0 Å². The van der Waals surface area contributed by atoms with Gasteiger partial charge in [0.1, 0.15) is 5.82 Å². The largest absolute Gasteiger partial charge is 0.366 e. The lowest BCUT2D eigenvalue weighted by Crippen LogP contribution is -2.06. The van der Waals surface area contributed by atoms with Crippen LogP contribution in [0.2, 0.25) is 0 Å². The molecule has 0 radical (unpaired) electrons. The summed E-state index contributed by atoms with van der Waals surface area (Å²) in [7, 11) is 0. The summed E-state index contributed by atoms with van der Waals surface area (Å²) in [4.78, 5) is 9.13. The van der Waals surface area contributed by atoms with Crippen molar-refractivity contribution in [3.05, 3.63) is 77.5 Å². The van der Waals surface area contributed by atoms with Crippen molar-refractivity contribution in [1.82, 2.24) is 9.97 Å². The number of hydrogen-bond donors (Lipinski definition) is 2. The topological polar surface area (TPSA) is 49.8 Å². The molecule has 0 unspecified atom stereocenters. The number of anilines is 3. The Balaban J connectivity index is 1.78. The maximum atomic E-state index is 4.61. The van der Waals surface area contributed by atoms with Crippen LogP contribution in [0, 0.1) is 6.92 Å². The molecule has 2 aromatic carbocycles. The Morgan fingerprint density at radius 3 is 2.40 bits per heavy atom. The molecule has 3 aromatic rings. The molecule has 2 N–H and O–H groups in total. The summed E-state index contributed by atoms with van der Waals surface area (Å²) in [6.45, 7) is 7.09. The summed E-state index contributed by atoms with van der Waals surface area (Å²) in [5.41, 5.74) is 4.46. The van der Waals surface area contributed by atoms with Gasteiger partial charge in [-0.25, -0.2) is 4.98 Å². The van der Waals surface area contributed by atoms with Crippen molar-refractivity contribution in [2.45, 2.75) is 33.2 Å². The molecule has 0 atom stereocenters. The Bertz CT molecular complexity index is 828. The van der Waals surface area contributed by atoms with E-state index >= 15 is 0 Å². The molecule has 0 saturated carbocycles. The van der Waals surface area contributed by atoms with Gasteiger partial charge < -0.3 is 10.6 Å². The van der Waals surface area contributed by atoms with Crippen LogP contribution in [0.4, 0.5) is 17.5 Å². The van der Waals surface area contributed by atoms with Gasteiger partial charge in [0, 0.05) is 24.0 Å². The van der Waals surface area contributed by atoms with Gasteiger partial charge in [-0.05, 0) is 30.0 Å². The molecular weight excluding hydrogens is 308 g/mol. The minimum atomic E-state index is 0.434. The summed E-state index contributed by atoms with van der Waals surface area (Å²) in [5, 5.41) is 6.75. The highest BCUT2D eigenvalue weighted by molar-refractivity contribution is 5.60. The first-order valence-corrected chi connectivity index (χ1v) is 8.61. The molecule has 0 fully saturated rings. The Hall–Kier alpha value is -2.88. The molecule has 0 saturated heterocycles. The minimum Gasteiger partial charge on any atom is -0.366 e. The lowest BCUT2D eigenvalue weighted by molar-refractivity contribution is 0.868. The highest BCUT2D eigenvalue weighted by Crippen LogP contribution is 2.26. The number of aromatic nitrogens is 2. The molecule has 1 aromatic heterocycles. The van der Waals surface area contributed by atoms with Crippen molar-refractivity contribution in [1.29, 1.82) is 0 Å². The van der Waals surface area contributed by atoms with Gasteiger partial charge in [0.2, 0.25) is 5.95 Å². The molecule has 0 aliphatic heterocycles. The normalized spacial score (nSPS) is 10.7. The van der Waals surface area contributed by atoms with E-state index < -0.39 is 0 Å². The molecule has 3 rings (SSSR count). The molecule has 0 bridgehead atoms. The van der Waals surface area contributed by atoms with Crippen molar-refractivity contribution in [3.63, 3.8) is 0 Å². The molecule has 4 nitrogen and oxygen atoms in total. The third-order valence-electron chi connectivity index (χ3n) is 4.00. The van der Waals surface area contributed by atoms with E-state index in [9.17, 15) is 0 Å². The molecule has 1 heterocycles. The molecule has 0 spiro atoms. The summed E-state index contributed by atoms with van der Waals surface area (Å²) in [6.07, 6.45) is 0. The van der Waals surface area contributed by atoms with Crippen LogP contribution in [-0.2, 0) is 6.54 Å². The predicted octanol–water partition coefficient (Wildman–Crippen LogP) is 5.26. The Morgan fingerprint density at radius 1 is 0.920 bits per heavy atom. The van der Waals surface area contributed by atoms with E-state index in [1.807, 2.05) is 37.3 Å². The average Bonchev–Trinajstić information content (AvgIpc) is 2.61. The molecule has 0 amide bonds. The van der Waals surface area contributed by atoms with Crippen LogP contribution in [0.1, 0.15) is 36.6 Å². The second-order valence-corrected chi connectivity index (χ2v) is 6.42. The number of rotatable bonds is 6. The van der Waals surface area contributed by atoms with E-state index in [1.165, 1.54) is 11.1 Å². The highest BCUT2D eigenvalue weighted by Gasteiger charge is 2.08. The zero-order chi connectivity index (χ0) is 17.6. The maximum absolute atomic E-state index is 4.61. The maximum Gasteiger partial charge on any atom is 0.229 e. The summed E-state index contributed by atoms with van der Waals surface area (Å²) in [5.74, 6) is 1.87. The first kappa shape index (κ1) is 17.0. The Labute approximate surface area is 149 Å². The molecule has 25 heavy (non-hydrogen) atoms. The third kappa shape index (κ3) is 4.57. The third-order valence-corrected chi connectivity index (χ3v) is 4.00. The standard InChI is InChI=1S/C21H24N4/c1-15(2)18-11-7-8-12-19(18)24-21-23-16(3)13-20(25-21)22-14-17-9-5-4-6-10-17/h4-13,15H,14H2,1-3H3,(H2,22,23,24,25). The van der Waals surface area contributed by atoms with Crippen LogP contribution < -0.4 is 10.6 Å². The van der Waals surface area contributed by atoms with Crippen LogP contribution >= 0.6 is 0 Å². The molecule has 128 valence electrons. The van der Waals surface area contributed by atoms with Gasteiger partial charge >= 0.3 is 0 Å². The first-order chi connectivity index (χ1) is 12.1. The van der Waals surface area contributed by atoms with Gasteiger partial charge in [-0.1, -0.05) is 62.4 Å². The number of benzene rings is 2. The zero-order valence-corrected chi connectivity index (χ0v) is 15.0.